The van der Waals surface area contributed by atoms with Crippen LogP contribution in [-0.2, 0) is 5.41 Å². The van der Waals surface area contributed by atoms with E-state index in [-0.39, 0.29) is 0 Å². The molecule has 0 atom stereocenters. The van der Waals surface area contributed by atoms with Crippen LogP contribution in [-0.4, -0.2) is 19.9 Å². The predicted octanol–water partition coefficient (Wildman–Crippen LogP) is 13.6. The number of pyridine rings is 1. The van der Waals surface area contributed by atoms with Gasteiger partial charge in [-0.05, 0) is 86.5 Å². The van der Waals surface area contributed by atoms with Crippen molar-refractivity contribution in [1.29, 1.82) is 0 Å². The lowest BCUT2D eigenvalue weighted by atomic mass is 9.66. The van der Waals surface area contributed by atoms with Gasteiger partial charge < -0.3 is 0 Å². The zero-order valence-electron chi connectivity index (χ0n) is 32.3. The second-order valence-corrected chi connectivity index (χ2v) is 16.4. The van der Waals surface area contributed by atoms with Gasteiger partial charge in [0, 0.05) is 43.6 Å². The van der Waals surface area contributed by atoms with E-state index in [0.717, 1.165) is 49.8 Å². The minimum absolute atomic E-state index is 0.547. The Morgan fingerprint density at radius 3 is 1.48 bits per heavy atom. The van der Waals surface area contributed by atoms with Gasteiger partial charge in [0.05, 0.1) is 10.9 Å². The highest BCUT2D eigenvalue weighted by molar-refractivity contribution is 7.99. The topological polar surface area (TPSA) is 51.6 Å². The quantitative estimate of drug-likeness (QED) is 0.174. The lowest BCUT2D eigenvalue weighted by molar-refractivity contribution is 0.723. The van der Waals surface area contributed by atoms with Crippen LogP contribution < -0.4 is 0 Å². The Balaban J connectivity index is 1.05. The van der Waals surface area contributed by atoms with Crippen molar-refractivity contribution in [1.82, 2.24) is 19.9 Å². The van der Waals surface area contributed by atoms with Gasteiger partial charge in [0.15, 0.2) is 17.5 Å². The molecule has 2 aliphatic rings. The molecular weight excluding hydrogens is 749 g/mol. The van der Waals surface area contributed by atoms with Crippen molar-refractivity contribution < 1.29 is 0 Å². The molecular formula is C55H34N4S. The highest BCUT2D eigenvalue weighted by atomic mass is 32.2. The molecule has 0 unspecified atom stereocenters. The highest BCUT2D eigenvalue weighted by Crippen LogP contribution is 2.63. The molecule has 8 aromatic carbocycles. The lowest BCUT2D eigenvalue weighted by Crippen LogP contribution is -2.32. The van der Waals surface area contributed by atoms with E-state index >= 15 is 0 Å². The Morgan fingerprint density at radius 2 is 0.817 bits per heavy atom. The maximum absolute atomic E-state index is 5.06. The first-order valence-corrected chi connectivity index (χ1v) is 21.0. The van der Waals surface area contributed by atoms with Crippen LogP contribution in [0.1, 0.15) is 22.3 Å². The summed E-state index contributed by atoms with van der Waals surface area (Å²) in [4.78, 5) is 22.4. The molecule has 10 aromatic rings. The fourth-order valence-electron chi connectivity index (χ4n) is 9.36. The van der Waals surface area contributed by atoms with Gasteiger partial charge in [-0.2, -0.15) is 0 Å². The van der Waals surface area contributed by atoms with Crippen molar-refractivity contribution in [3.63, 3.8) is 0 Å². The average molecular weight is 783 g/mol. The van der Waals surface area contributed by atoms with Crippen LogP contribution in [0.25, 0.3) is 78.4 Å². The highest BCUT2D eigenvalue weighted by Gasteiger charge is 2.50. The van der Waals surface area contributed by atoms with E-state index in [1.165, 1.54) is 43.2 Å². The third kappa shape index (κ3) is 5.40. The second kappa shape index (κ2) is 13.8. The van der Waals surface area contributed by atoms with Gasteiger partial charge in [-0.3, -0.25) is 4.98 Å². The number of benzene rings is 8. The third-order valence-electron chi connectivity index (χ3n) is 12.0. The summed E-state index contributed by atoms with van der Waals surface area (Å²) in [6.07, 6.45) is 1.89. The van der Waals surface area contributed by atoms with Crippen LogP contribution >= 0.6 is 11.8 Å². The molecule has 280 valence electrons. The zero-order valence-corrected chi connectivity index (χ0v) is 33.1. The van der Waals surface area contributed by atoms with E-state index in [2.05, 4.69) is 133 Å². The normalized spacial score (nSPS) is 13.1. The van der Waals surface area contributed by atoms with Gasteiger partial charge in [-0.15, -0.1) is 0 Å². The molecule has 0 saturated carbocycles. The molecule has 0 fully saturated rings. The fourth-order valence-corrected chi connectivity index (χ4v) is 10.5. The summed E-state index contributed by atoms with van der Waals surface area (Å²) < 4.78 is 0. The van der Waals surface area contributed by atoms with Crippen LogP contribution in [0.15, 0.2) is 216 Å². The molecule has 3 heterocycles. The van der Waals surface area contributed by atoms with E-state index in [1.807, 2.05) is 84.7 Å². The van der Waals surface area contributed by atoms with Gasteiger partial charge in [0.2, 0.25) is 0 Å². The molecule has 0 radical (unpaired) electrons. The van der Waals surface area contributed by atoms with Crippen molar-refractivity contribution >= 4 is 22.7 Å². The van der Waals surface area contributed by atoms with Crippen LogP contribution in [0, 0.1) is 0 Å². The van der Waals surface area contributed by atoms with Crippen molar-refractivity contribution in [3.05, 3.63) is 229 Å². The van der Waals surface area contributed by atoms with Crippen LogP contribution in [0.5, 0.6) is 0 Å². The molecule has 5 heteroatoms. The Morgan fingerprint density at radius 1 is 0.333 bits per heavy atom. The molecule has 4 nitrogen and oxygen atoms in total. The van der Waals surface area contributed by atoms with Crippen molar-refractivity contribution in [2.75, 3.05) is 0 Å². The fraction of sp³-hybridized carbons (Fsp3) is 0.0182. The number of aromatic nitrogens is 4. The molecule has 1 spiro atoms. The summed E-state index contributed by atoms with van der Waals surface area (Å²) in [7, 11) is 0. The molecule has 1 aliphatic carbocycles. The predicted molar refractivity (Wildman–Crippen MR) is 244 cm³/mol. The van der Waals surface area contributed by atoms with Gasteiger partial charge in [0.25, 0.3) is 0 Å². The number of hydrogen-bond acceptors (Lipinski definition) is 5. The Kier molecular flexibility index (Phi) is 7.97. The molecule has 12 rings (SSSR count). The summed E-state index contributed by atoms with van der Waals surface area (Å²) in [5.74, 6) is 1.93. The molecule has 0 bridgehead atoms. The maximum Gasteiger partial charge on any atom is 0.164 e. The minimum atomic E-state index is -0.547. The zero-order chi connectivity index (χ0) is 39.6. The van der Waals surface area contributed by atoms with E-state index < -0.39 is 5.41 Å². The van der Waals surface area contributed by atoms with E-state index in [0.29, 0.717) is 17.5 Å². The third-order valence-corrected chi connectivity index (χ3v) is 13.2. The number of hydrogen-bond donors (Lipinski definition) is 0. The van der Waals surface area contributed by atoms with Crippen LogP contribution in [0.4, 0.5) is 0 Å². The molecule has 2 aromatic heterocycles. The number of para-hydroxylation sites is 1. The first-order valence-electron chi connectivity index (χ1n) is 20.2. The van der Waals surface area contributed by atoms with Crippen LogP contribution in [0.2, 0.25) is 0 Å². The Labute approximate surface area is 352 Å². The van der Waals surface area contributed by atoms with E-state index in [4.69, 9.17) is 19.9 Å². The number of fused-ring (bicyclic) bond motifs is 10. The smallest absolute Gasteiger partial charge is 0.164 e. The maximum atomic E-state index is 5.06. The van der Waals surface area contributed by atoms with Crippen molar-refractivity contribution in [3.8, 4) is 67.5 Å². The van der Waals surface area contributed by atoms with Gasteiger partial charge in [-0.1, -0.05) is 176 Å². The SMILES string of the molecule is c1ccc(-c2nc(-c3ccccc3)nc(-c3cccc(-c4ccc5c(c4)C4(c6cc(-c7cccc8cccnc78)ccc6S5)c5ccccc5-c5ccccc54)c3)n2)cc1. The lowest BCUT2D eigenvalue weighted by Gasteiger charge is -2.40. The van der Waals surface area contributed by atoms with Crippen LogP contribution in [0.3, 0.4) is 0 Å². The molecule has 0 saturated heterocycles. The number of nitrogens with zero attached hydrogens (tertiary/aromatic N) is 4. The molecule has 0 N–H and O–H groups in total. The van der Waals surface area contributed by atoms with E-state index in [9.17, 15) is 0 Å². The molecule has 1 aliphatic heterocycles. The van der Waals surface area contributed by atoms with Crippen molar-refractivity contribution in [2.45, 2.75) is 15.2 Å². The first kappa shape index (κ1) is 34.6. The van der Waals surface area contributed by atoms with Gasteiger partial charge in [-0.25, -0.2) is 15.0 Å². The largest absolute Gasteiger partial charge is 0.256 e. The number of rotatable bonds is 5. The first-order chi connectivity index (χ1) is 29.7. The van der Waals surface area contributed by atoms with E-state index in [1.54, 1.807) is 0 Å². The summed E-state index contributed by atoms with van der Waals surface area (Å²) in [6.45, 7) is 0. The Hall–Kier alpha value is -7.47. The summed E-state index contributed by atoms with van der Waals surface area (Å²) in [5.41, 5.74) is 15.6. The van der Waals surface area contributed by atoms with Gasteiger partial charge in [0.1, 0.15) is 0 Å². The summed E-state index contributed by atoms with van der Waals surface area (Å²) in [6, 6.07) is 71.6. The van der Waals surface area contributed by atoms with Gasteiger partial charge >= 0.3 is 0 Å². The molecule has 60 heavy (non-hydrogen) atoms. The summed E-state index contributed by atoms with van der Waals surface area (Å²) >= 11 is 1.86. The van der Waals surface area contributed by atoms with Crippen molar-refractivity contribution in [2.24, 2.45) is 0 Å². The average Bonchev–Trinajstić information content (AvgIpc) is 3.62. The second-order valence-electron chi connectivity index (χ2n) is 15.4. The molecule has 0 amide bonds. The minimum Gasteiger partial charge on any atom is -0.256 e. The summed E-state index contributed by atoms with van der Waals surface area (Å²) in [5, 5.41) is 1.13. The standard InChI is InChI=1S/C55H34N4S/c1-3-14-36(15-4-1)52-57-53(37-16-5-2-6-17-37)59-54(58-52)41-20-11-19-38(32-41)39-27-29-49-47(33-39)55(45-25-9-7-22-43(45)44-23-8-10-26-46(44)55)48-34-40(28-30-50(48)60-49)42-24-12-18-35-21-13-31-56-51(35)42/h1-34H. The Bertz CT molecular complexity index is 3200. The monoisotopic (exact) mass is 782 g/mol.